The number of hydrogen-bond donors (Lipinski definition) is 1. The molecular formula is C19H20N4O7S. The molecular weight excluding hydrogens is 428 g/mol. The molecule has 2 heterocycles. The van der Waals surface area contributed by atoms with Crippen molar-refractivity contribution < 1.29 is 27.6 Å². The number of nitro benzene ring substituents is 1. The van der Waals surface area contributed by atoms with Gasteiger partial charge in [-0.25, -0.2) is 8.42 Å². The molecule has 0 radical (unpaired) electrons. The van der Waals surface area contributed by atoms with Crippen molar-refractivity contribution in [1.82, 2.24) is 4.31 Å². The predicted molar refractivity (Wildman–Crippen MR) is 111 cm³/mol. The second-order valence-electron chi connectivity index (χ2n) is 6.73. The molecule has 11 nitrogen and oxygen atoms in total. The van der Waals surface area contributed by atoms with Crippen LogP contribution in [-0.4, -0.2) is 63.4 Å². The standard InChI is InChI=1S/C19H20N4O7S/c24-23(25)17-12-15(31(26,27)22-5-7-28-8-6-22)2-3-16(17)21-20-13-14-1-4-18-19(11-14)30-10-9-29-18/h1-4,11-13,21H,5-10H2/b20-13-. The van der Waals surface area contributed by atoms with E-state index < -0.39 is 20.6 Å². The Morgan fingerprint density at radius 1 is 1.03 bits per heavy atom. The van der Waals surface area contributed by atoms with E-state index in [4.69, 9.17) is 14.2 Å². The summed E-state index contributed by atoms with van der Waals surface area (Å²) in [5.74, 6) is 1.24. The van der Waals surface area contributed by atoms with Crippen molar-refractivity contribution in [3.05, 3.63) is 52.1 Å². The molecule has 2 aliphatic rings. The van der Waals surface area contributed by atoms with E-state index in [-0.39, 0.29) is 36.9 Å². The van der Waals surface area contributed by atoms with Crippen LogP contribution in [-0.2, 0) is 14.8 Å². The van der Waals surface area contributed by atoms with Crippen LogP contribution >= 0.6 is 0 Å². The third kappa shape index (κ3) is 4.60. The van der Waals surface area contributed by atoms with Gasteiger partial charge in [0.2, 0.25) is 10.0 Å². The second kappa shape index (κ2) is 8.88. The molecule has 0 bridgehead atoms. The number of fused-ring (bicyclic) bond motifs is 1. The van der Waals surface area contributed by atoms with Gasteiger partial charge in [0.15, 0.2) is 11.5 Å². The number of morpholine rings is 1. The van der Waals surface area contributed by atoms with E-state index in [1.54, 1.807) is 18.2 Å². The summed E-state index contributed by atoms with van der Waals surface area (Å²) in [4.78, 5) is 10.7. The third-order valence-electron chi connectivity index (χ3n) is 4.74. The van der Waals surface area contributed by atoms with Crippen LogP contribution < -0.4 is 14.9 Å². The van der Waals surface area contributed by atoms with Gasteiger partial charge in [-0.15, -0.1) is 0 Å². The molecule has 2 aromatic carbocycles. The van der Waals surface area contributed by atoms with Crippen molar-refractivity contribution in [3.8, 4) is 11.5 Å². The average molecular weight is 448 g/mol. The highest BCUT2D eigenvalue weighted by Gasteiger charge is 2.28. The summed E-state index contributed by atoms with van der Waals surface area (Å²) in [5.41, 5.74) is 2.98. The minimum atomic E-state index is -3.85. The second-order valence-corrected chi connectivity index (χ2v) is 8.66. The number of hydrazone groups is 1. The molecule has 1 fully saturated rings. The number of nitro groups is 1. The monoisotopic (exact) mass is 448 g/mol. The van der Waals surface area contributed by atoms with Crippen molar-refractivity contribution in [2.24, 2.45) is 5.10 Å². The fraction of sp³-hybridized carbons (Fsp3) is 0.316. The molecule has 164 valence electrons. The molecule has 0 amide bonds. The fourth-order valence-electron chi connectivity index (χ4n) is 3.17. The van der Waals surface area contributed by atoms with Gasteiger partial charge < -0.3 is 14.2 Å². The van der Waals surface area contributed by atoms with E-state index >= 15 is 0 Å². The maximum absolute atomic E-state index is 12.8. The van der Waals surface area contributed by atoms with Crippen LogP contribution in [0.5, 0.6) is 11.5 Å². The molecule has 2 aromatic rings. The summed E-state index contributed by atoms with van der Waals surface area (Å²) in [6.07, 6.45) is 1.47. The molecule has 0 saturated carbocycles. The first-order chi connectivity index (χ1) is 14.9. The number of sulfonamides is 1. The SMILES string of the molecule is O=[N+]([O-])c1cc(S(=O)(=O)N2CCOCC2)ccc1N/N=C\c1ccc2c(c1)OCCO2. The predicted octanol–water partition coefficient (Wildman–Crippen LogP) is 1.83. The number of ether oxygens (including phenoxy) is 3. The zero-order valence-corrected chi connectivity index (χ0v) is 17.2. The highest BCUT2D eigenvalue weighted by molar-refractivity contribution is 7.89. The van der Waals surface area contributed by atoms with Gasteiger partial charge in [0.1, 0.15) is 18.9 Å². The zero-order valence-electron chi connectivity index (χ0n) is 16.4. The number of nitrogens with one attached hydrogen (secondary N) is 1. The van der Waals surface area contributed by atoms with Crippen LogP contribution in [0.25, 0.3) is 0 Å². The van der Waals surface area contributed by atoms with E-state index in [1.807, 2.05) is 0 Å². The van der Waals surface area contributed by atoms with Gasteiger partial charge in [-0.05, 0) is 35.9 Å². The van der Waals surface area contributed by atoms with Gasteiger partial charge >= 0.3 is 0 Å². The largest absolute Gasteiger partial charge is 0.486 e. The summed E-state index contributed by atoms with van der Waals surface area (Å²) < 4.78 is 42.9. The van der Waals surface area contributed by atoms with Crippen molar-refractivity contribution in [3.63, 3.8) is 0 Å². The maximum atomic E-state index is 12.8. The lowest BCUT2D eigenvalue weighted by molar-refractivity contribution is -0.384. The molecule has 1 N–H and O–H groups in total. The number of nitrogens with zero attached hydrogens (tertiary/aromatic N) is 3. The molecule has 0 aromatic heterocycles. The highest BCUT2D eigenvalue weighted by Crippen LogP contribution is 2.31. The quantitative estimate of drug-likeness (QED) is 0.402. The molecule has 0 unspecified atom stereocenters. The number of benzene rings is 2. The van der Waals surface area contributed by atoms with Crippen molar-refractivity contribution in [2.45, 2.75) is 4.90 Å². The van der Waals surface area contributed by atoms with Crippen LogP contribution in [0, 0.1) is 10.1 Å². The Balaban J connectivity index is 1.53. The third-order valence-corrected chi connectivity index (χ3v) is 6.63. The van der Waals surface area contributed by atoms with Gasteiger partial charge in [0, 0.05) is 19.2 Å². The number of anilines is 1. The van der Waals surface area contributed by atoms with Gasteiger partial charge in [0.25, 0.3) is 5.69 Å². The Bertz CT molecular complexity index is 1110. The fourth-order valence-corrected chi connectivity index (χ4v) is 4.60. The Kier molecular flexibility index (Phi) is 6.02. The number of hydrogen-bond acceptors (Lipinski definition) is 9. The minimum absolute atomic E-state index is 0.0692. The molecule has 0 atom stereocenters. The van der Waals surface area contributed by atoms with Crippen molar-refractivity contribution >= 4 is 27.6 Å². The van der Waals surface area contributed by atoms with E-state index in [1.165, 1.54) is 22.7 Å². The first kappa shape index (κ1) is 21.0. The van der Waals surface area contributed by atoms with Crippen LogP contribution in [0.4, 0.5) is 11.4 Å². The minimum Gasteiger partial charge on any atom is -0.486 e. The Morgan fingerprint density at radius 3 is 2.52 bits per heavy atom. The van der Waals surface area contributed by atoms with Crippen molar-refractivity contribution in [1.29, 1.82) is 0 Å². The molecule has 4 rings (SSSR count). The lowest BCUT2D eigenvalue weighted by atomic mass is 10.2. The molecule has 0 aliphatic carbocycles. The number of rotatable bonds is 6. The van der Waals surface area contributed by atoms with Gasteiger partial charge in [-0.3, -0.25) is 15.5 Å². The van der Waals surface area contributed by atoms with Crippen LogP contribution in [0.3, 0.4) is 0 Å². The molecule has 1 saturated heterocycles. The normalized spacial score (nSPS) is 16.9. The maximum Gasteiger partial charge on any atom is 0.295 e. The lowest BCUT2D eigenvalue weighted by Crippen LogP contribution is -2.40. The van der Waals surface area contributed by atoms with Gasteiger partial charge in [0.05, 0.1) is 29.2 Å². The zero-order chi connectivity index (χ0) is 21.8. The summed E-state index contributed by atoms with van der Waals surface area (Å²) in [6.45, 7) is 1.93. The molecule has 0 spiro atoms. The van der Waals surface area contributed by atoms with Gasteiger partial charge in [-0.2, -0.15) is 9.41 Å². The summed E-state index contributed by atoms with van der Waals surface area (Å²) >= 11 is 0. The Morgan fingerprint density at radius 2 is 1.77 bits per heavy atom. The molecule has 12 heteroatoms. The van der Waals surface area contributed by atoms with Crippen LogP contribution in [0.1, 0.15) is 5.56 Å². The van der Waals surface area contributed by atoms with E-state index in [2.05, 4.69) is 10.5 Å². The summed E-state index contributed by atoms with van der Waals surface area (Å²) in [5, 5.41) is 15.6. The topological polar surface area (TPSA) is 133 Å². The summed E-state index contributed by atoms with van der Waals surface area (Å²) in [6, 6.07) is 8.94. The highest BCUT2D eigenvalue weighted by atomic mass is 32.2. The molecule has 2 aliphatic heterocycles. The van der Waals surface area contributed by atoms with Gasteiger partial charge in [-0.1, -0.05) is 0 Å². The first-order valence-corrected chi connectivity index (χ1v) is 10.9. The van der Waals surface area contributed by atoms with E-state index in [0.717, 1.165) is 6.07 Å². The smallest absolute Gasteiger partial charge is 0.295 e. The lowest BCUT2D eigenvalue weighted by Gasteiger charge is -2.26. The average Bonchev–Trinajstić information content (AvgIpc) is 2.79. The van der Waals surface area contributed by atoms with E-state index in [0.29, 0.717) is 30.3 Å². The summed E-state index contributed by atoms with van der Waals surface area (Å²) in [7, 11) is -3.85. The molecule has 31 heavy (non-hydrogen) atoms. The Hall–Kier alpha value is -3.22. The Labute approximate surface area is 178 Å². The van der Waals surface area contributed by atoms with Crippen molar-refractivity contribution in [2.75, 3.05) is 44.9 Å². The van der Waals surface area contributed by atoms with Crippen LogP contribution in [0.15, 0.2) is 46.4 Å². The van der Waals surface area contributed by atoms with E-state index in [9.17, 15) is 18.5 Å². The van der Waals surface area contributed by atoms with Crippen LogP contribution in [0.2, 0.25) is 0 Å². The first-order valence-electron chi connectivity index (χ1n) is 9.50.